The summed E-state index contributed by atoms with van der Waals surface area (Å²) in [7, 11) is 0. The second-order valence-corrected chi connectivity index (χ2v) is 6.34. The van der Waals surface area contributed by atoms with Crippen molar-refractivity contribution in [2.24, 2.45) is 0 Å². The van der Waals surface area contributed by atoms with Gasteiger partial charge in [-0.3, -0.25) is 4.98 Å². The predicted molar refractivity (Wildman–Crippen MR) is 84.1 cm³/mol. The van der Waals surface area contributed by atoms with Gasteiger partial charge in [-0.15, -0.1) is 0 Å². The van der Waals surface area contributed by atoms with Crippen LogP contribution in [0.3, 0.4) is 0 Å². The number of hydrogen-bond donors (Lipinski definition) is 2. The van der Waals surface area contributed by atoms with Crippen LogP contribution in [-0.2, 0) is 11.3 Å². The first kappa shape index (κ1) is 17.4. The van der Waals surface area contributed by atoms with Crippen molar-refractivity contribution in [1.29, 1.82) is 0 Å². The van der Waals surface area contributed by atoms with Gasteiger partial charge in [0.2, 0.25) is 0 Å². The Morgan fingerprint density at radius 1 is 1.38 bits per heavy atom. The number of aryl methyl sites for hydroxylation is 1. The number of nitrogens with one attached hydrogen (secondary N) is 2. The number of nitrogens with zero attached hydrogens (tertiary/aromatic N) is 1. The summed E-state index contributed by atoms with van der Waals surface area (Å²) in [6.07, 6.45) is 2.34. The van der Waals surface area contributed by atoms with Crippen molar-refractivity contribution in [3.8, 4) is 0 Å². The van der Waals surface area contributed by atoms with Gasteiger partial charge in [-0.1, -0.05) is 6.07 Å². The molecule has 1 heterocycles. The summed E-state index contributed by atoms with van der Waals surface area (Å²) < 4.78 is 5.21. The van der Waals surface area contributed by atoms with Gasteiger partial charge in [0, 0.05) is 18.8 Å². The molecule has 2 N–H and O–H groups in total. The van der Waals surface area contributed by atoms with Gasteiger partial charge in [0.05, 0.1) is 5.69 Å². The molecule has 1 atom stereocenters. The SMILES string of the molecule is Cc1ccc(CNCCC(C)NC(=O)OC(C)(C)C)nc1. The quantitative estimate of drug-likeness (QED) is 0.792. The van der Waals surface area contributed by atoms with E-state index in [1.807, 2.05) is 46.9 Å². The molecule has 0 fully saturated rings. The van der Waals surface area contributed by atoms with Crippen LogP contribution in [0.4, 0.5) is 4.79 Å². The third-order valence-corrected chi connectivity index (χ3v) is 2.80. The molecule has 118 valence electrons. The highest BCUT2D eigenvalue weighted by Crippen LogP contribution is 2.07. The lowest BCUT2D eigenvalue weighted by Gasteiger charge is -2.22. The number of ether oxygens (including phenoxy) is 1. The van der Waals surface area contributed by atoms with Crippen molar-refractivity contribution in [3.63, 3.8) is 0 Å². The van der Waals surface area contributed by atoms with E-state index < -0.39 is 5.60 Å². The molecular weight excluding hydrogens is 266 g/mol. The van der Waals surface area contributed by atoms with Gasteiger partial charge < -0.3 is 15.4 Å². The van der Waals surface area contributed by atoms with Gasteiger partial charge in [-0.05, 0) is 59.2 Å². The molecule has 0 aliphatic heterocycles. The van der Waals surface area contributed by atoms with E-state index in [2.05, 4.69) is 21.7 Å². The van der Waals surface area contributed by atoms with Crippen LogP contribution in [0.15, 0.2) is 18.3 Å². The lowest BCUT2D eigenvalue weighted by atomic mass is 10.2. The molecule has 0 radical (unpaired) electrons. The average Bonchev–Trinajstić information content (AvgIpc) is 2.34. The average molecular weight is 293 g/mol. The molecule has 21 heavy (non-hydrogen) atoms. The molecule has 1 amide bonds. The first-order valence-corrected chi connectivity index (χ1v) is 7.38. The molecule has 0 aliphatic carbocycles. The minimum absolute atomic E-state index is 0.0679. The zero-order valence-corrected chi connectivity index (χ0v) is 13.7. The van der Waals surface area contributed by atoms with Gasteiger partial charge >= 0.3 is 6.09 Å². The Morgan fingerprint density at radius 2 is 2.10 bits per heavy atom. The van der Waals surface area contributed by atoms with Crippen LogP contribution < -0.4 is 10.6 Å². The maximum atomic E-state index is 11.6. The van der Waals surface area contributed by atoms with E-state index in [1.165, 1.54) is 0 Å². The van der Waals surface area contributed by atoms with Gasteiger partial charge in [0.25, 0.3) is 0 Å². The van der Waals surface area contributed by atoms with Crippen LogP contribution >= 0.6 is 0 Å². The Hall–Kier alpha value is -1.62. The molecule has 0 saturated carbocycles. The Bertz CT molecular complexity index is 438. The molecule has 0 saturated heterocycles. The molecular formula is C16H27N3O2. The molecule has 0 bridgehead atoms. The minimum Gasteiger partial charge on any atom is -0.444 e. The second kappa shape index (κ2) is 7.98. The highest BCUT2D eigenvalue weighted by Gasteiger charge is 2.17. The van der Waals surface area contributed by atoms with E-state index in [9.17, 15) is 4.79 Å². The van der Waals surface area contributed by atoms with Crippen molar-refractivity contribution in [3.05, 3.63) is 29.6 Å². The summed E-state index contributed by atoms with van der Waals surface area (Å²) >= 11 is 0. The lowest BCUT2D eigenvalue weighted by molar-refractivity contribution is 0.0506. The fourth-order valence-electron chi connectivity index (χ4n) is 1.72. The van der Waals surface area contributed by atoms with E-state index in [0.717, 1.165) is 30.8 Å². The van der Waals surface area contributed by atoms with Crippen LogP contribution in [0, 0.1) is 6.92 Å². The van der Waals surface area contributed by atoms with Crippen LogP contribution in [0.25, 0.3) is 0 Å². The number of alkyl carbamates (subject to hydrolysis) is 1. The lowest BCUT2D eigenvalue weighted by Crippen LogP contribution is -2.38. The molecule has 5 nitrogen and oxygen atoms in total. The molecule has 0 aromatic carbocycles. The number of rotatable bonds is 6. The fraction of sp³-hybridized carbons (Fsp3) is 0.625. The van der Waals surface area contributed by atoms with E-state index >= 15 is 0 Å². The first-order chi connectivity index (χ1) is 9.76. The number of aromatic nitrogens is 1. The van der Waals surface area contributed by atoms with Gasteiger partial charge in [-0.2, -0.15) is 0 Å². The van der Waals surface area contributed by atoms with Gasteiger partial charge in [0.1, 0.15) is 5.60 Å². The number of amides is 1. The third-order valence-electron chi connectivity index (χ3n) is 2.80. The Kier molecular flexibility index (Phi) is 6.62. The fourth-order valence-corrected chi connectivity index (χ4v) is 1.72. The maximum absolute atomic E-state index is 11.6. The van der Waals surface area contributed by atoms with Crippen molar-refractivity contribution >= 4 is 6.09 Å². The maximum Gasteiger partial charge on any atom is 0.407 e. The van der Waals surface area contributed by atoms with Crippen LogP contribution in [-0.4, -0.2) is 29.3 Å². The molecule has 0 spiro atoms. The number of pyridine rings is 1. The Labute approximate surface area is 127 Å². The van der Waals surface area contributed by atoms with E-state index in [1.54, 1.807) is 0 Å². The predicted octanol–water partition coefficient (Wildman–Crippen LogP) is 2.78. The summed E-state index contributed by atoms with van der Waals surface area (Å²) in [5.74, 6) is 0. The van der Waals surface area contributed by atoms with Gasteiger partial charge in [0.15, 0.2) is 0 Å². The standard InChI is InChI=1S/C16H27N3O2/c1-12-6-7-14(18-10-12)11-17-9-8-13(2)19-15(20)21-16(3,4)5/h6-7,10,13,17H,8-9,11H2,1-5H3,(H,19,20). The number of carbonyl (C=O) groups excluding carboxylic acids is 1. The topological polar surface area (TPSA) is 63.2 Å². The molecule has 1 rings (SSSR count). The zero-order valence-electron chi connectivity index (χ0n) is 13.7. The molecule has 1 aromatic heterocycles. The van der Waals surface area contributed by atoms with Crippen LogP contribution in [0.5, 0.6) is 0 Å². The first-order valence-electron chi connectivity index (χ1n) is 7.38. The summed E-state index contributed by atoms with van der Waals surface area (Å²) in [6, 6.07) is 4.14. The smallest absolute Gasteiger partial charge is 0.407 e. The van der Waals surface area contributed by atoms with E-state index in [0.29, 0.717) is 0 Å². The highest BCUT2D eigenvalue weighted by atomic mass is 16.6. The molecule has 5 heteroatoms. The summed E-state index contributed by atoms with van der Waals surface area (Å²) in [5, 5.41) is 6.14. The summed E-state index contributed by atoms with van der Waals surface area (Å²) in [6.45, 7) is 11.1. The Morgan fingerprint density at radius 3 is 2.67 bits per heavy atom. The van der Waals surface area contributed by atoms with Crippen molar-refractivity contribution < 1.29 is 9.53 Å². The van der Waals surface area contributed by atoms with Crippen molar-refractivity contribution in [1.82, 2.24) is 15.6 Å². The second-order valence-electron chi connectivity index (χ2n) is 6.34. The van der Waals surface area contributed by atoms with Crippen LogP contribution in [0.1, 0.15) is 45.4 Å². The van der Waals surface area contributed by atoms with E-state index in [4.69, 9.17) is 4.74 Å². The molecule has 0 aliphatic rings. The monoisotopic (exact) mass is 293 g/mol. The van der Waals surface area contributed by atoms with Crippen molar-refractivity contribution in [2.75, 3.05) is 6.54 Å². The zero-order chi connectivity index (χ0) is 15.9. The van der Waals surface area contributed by atoms with Crippen LogP contribution in [0.2, 0.25) is 0 Å². The van der Waals surface area contributed by atoms with E-state index in [-0.39, 0.29) is 12.1 Å². The Balaban J connectivity index is 2.17. The molecule has 1 unspecified atom stereocenters. The summed E-state index contributed by atoms with van der Waals surface area (Å²) in [5.41, 5.74) is 1.72. The third kappa shape index (κ3) is 8.30. The van der Waals surface area contributed by atoms with Gasteiger partial charge in [-0.25, -0.2) is 4.79 Å². The molecule has 1 aromatic rings. The normalized spacial score (nSPS) is 12.8. The highest BCUT2D eigenvalue weighted by molar-refractivity contribution is 5.67. The number of hydrogen-bond acceptors (Lipinski definition) is 4. The largest absolute Gasteiger partial charge is 0.444 e. The van der Waals surface area contributed by atoms with Crippen molar-refractivity contribution in [2.45, 2.75) is 59.2 Å². The minimum atomic E-state index is -0.459. The summed E-state index contributed by atoms with van der Waals surface area (Å²) in [4.78, 5) is 15.9. The number of carbonyl (C=O) groups is 1.